The number of hydrogen-bond acceptors (Lipinski definition) is 2. The summed E-state index contributed by atoms with van der Waals surface area (Å²) in [5, 5.41) is 19.1. The van der Waals surface area contributed by atoms with Crippen LogP contribution in [0.4, 0.5) is 0 Å². The summed E-state index contributed by atoms with van der Waals surface area (Å²) in [6.45, 7) is 22.2. The molecule has 0 spiro atoms. The predicted molar refractivity (Wildman–Crippen MR) is 196 cm³/mol. The van der Waals surface area contributed by atoms with Gasteiger partial charge in [0.1, 0.15) is 0 Å². The Labute approximate surface area is 273 Å². The fourth-order valence-corrected chi connectivity index (χ4v) is 4.57. The molecule has 0 aliphatic heterocycles. The molecule has 0 radical (unpaired) electrons. The molecule has 2 N–H and O–H groups in total. The van der Waals surface area contributed by atoms with Gasteiger partial charge in [-0.25, -0.2) is 4.79 Å². The molecule has 0 aromatic heterocycles. The highest BCUT2D eigenvalue weighted by Crippen LogP contribution is 2.26. The van der Waals surface area contributed by atoms with Crippen molar-refractivity contribution in [2.24, 2.45) is 11.8 Å². The minimum atomic E-state index is -0.885. The van der Waals surface area contributed by atoms with E-state index in [1.807, 2.05) is 77.1 Å². The Morgan fingerprint density at radius 1 is 0.818 bits per heavy atom. The summed E-state index contributed by atoms with van der Waals surface area (Å²) in [4.78, 5) is 10.2. The number of aliphatic carboxylic acids is 1. The second-order valence-electron chi connectivity index (χ2n) is 11.2. The number of carbonyl (C=O) groups is 1. The molecule has 0 saturated carbocycles. The highest BCUT2D eigenvalue weighted by Gasteiger charge is 2.24. The molecular formula is C41H70O3. The van der Waals surface area contributed by atoms with E-state index >= 15 is 0 Å². The first-order chi connectivity index (χ1) is 21.1. The number of allylic oxidation sites excluding steroid dienone is 2. The topological polar surface area (TPSA) is 57.5 Å². The zero-order valence-corrected chi connectivity index (χ0v) is 30.2. The van der Waals surface area contributed by atoms with Gasteiger partial charge in [-0.15, -0.1) is 0 Å². The monoisotopic (exact) mass is 611 g/mol. The number of hydrogen-bond donors (Lipinski definition) is 2. The number of aliphatic hydroxyl groups is 1. The third kappa shape index (κ3) is 28.1. The second-order valence-corrected chi connectivity index (χ2v) is 11.2. The highest BCUT2D eigenvalue weighted by molar-refractivity contribution is 5.86. The second kappa shape index (κ2) is 33.2. The standard InChI is InChI=1S/C18H28O.C8H18.C7H12O2.C6H6.C2H6/c1-3-5-9-15-18(19,14-4-2)16-10-13-17-11-7-6-8-12-17;1-4-7-8(5-2)6-3;1-4-5(2)6(3)7(8)9;1-2-4-6-5-3-1;1-2/h3,5-8,11-12,19H,4,9-10,13-16H2,1-2H3;8H,4-7H2,1-3H3;5H,3-4H2,1-2H3,(H,8,9);1-6H;1-2H3/b5-3-;;;;. The number of carboxylic acid groups (broad SMARTS) is 1. The third-order valence-electron chi connectivity index (χ3n) is 7.68. The van der Waals surface area contributed by atoms with Crippen molar-refractivity contribution in [1.82, 2.24) is 0 Å². The molecule has 0 aliphatic rings. The number of benzene rings is 2. The van der Waals surface area contributed by atoms with Gasteiger partial charge in [0.2, 0.25) is 0 Å². The summed E-state index contributed by atoms with van der Waals surface area (Å²) in [5.41, 5.74) is 1.20. The van der Waals surface area contributed by atoms with Gasteiger partial charge in [-0.2, -0.15) is 0 Å². The largest absolute Gasteiger partial charge is 0.478 e. The van der Waals surface area contributed by atoms with Crippen LogP contribution in [0.25, 0.3) is 0 Å². The molecule has 0 heterocycles. The number of rotatable bonds is 16. The van der Waals surface area contributed by atoms with Crippen molar-refractivity contribution in [2.75, 3.05) is 0 Å². The summed E-state index contributed by atoms with van der Waals surface area (Å²) in [6.07, 6.45) is 17.4. The molecule has 2 rings (SSSR count). The lowest BCUT2D eigenvalue weighted by molar-refractivity contribution is -0.133. The van der Waals surface area contributed by atoms with E-state index in [9.17, 15) is 9.90 Å². The van der Waals surface area contributed by atoms with Gasteiger partial charge in [0, 0.05) is 5.57 Å². The maximum atomic E-state index is 10.7. The van der Waals surface area contributed by atoms with Gasteiger partial charge in [-0.1, -0.05) is 173 Å². The predicted octanol–water partition coefficient (Wildman–Crippen LogP) is 12.5. The first kappa shape index (κ1) is 45.8. The Morgan fingerprint density at radius 2 is 1.32 bits per heavy atom. The van der Waals surface area contributed by atoms with Gasteiger partial charge in [-0.3, -0.25) is 0 Å². The van der Waals surface area contributed by atoms with Crippen molar-refractivity contribution >= 4 is 5.97 Å². The van der Waals surface area contributed by atoms with Gasteiger partial charge in [0.15, 0.2) is 0 Å². The Balaban J connectivity index is -0.000000560. The third-order valence-corrected chi connectivity index (χ3v) is 7.68. The smallest absolute Gasteiger partial charge is 0.331 e. The highest BCUT2D eigenvalue weighted by atomic mass is 16.4. The Hall–Kier alpha value is -2.65. The van der Waals surface area contributed by atoms with E-state index in [-0.39, 0.29) is 5.92 Å². The van der Waals surface area contributed by atoms with Crippen molar-refractivity contribution < 1.29 is 15.0 Å². The van der Waals surface area contributed by atoms with E-state index in [1.165, 1.54) is 31.2 Å². The summed E-state index contributed by atoms with van der Waals surface area (Å²) in [5.74, 6) is 0.215. The first-order valence-electron chi connectivity index (χ1n) is 17.4. The van der Waals surface area contributed by atoms with Crippen LogP contribution in [0.5, 0.6) is 0 Å². The van der Waals surface area contributed by atoms with Crippen LogP contribution in [0.3, 0.4) is 0 Å². The van der Waals surface area contributed by atoms with Crippen LogP contribution in [-0.4, -0.2) is 21.8 Å². The molecule has 3 heteroatoms. The fraction of sp³-hybridized carbons (Fsp3) is 0.585. The molecular weight excluding hydrogens is 540 g/mol. The van der Waals surface area contributed by atoms with Crippen molar-refractivity contribution in [2.45, 2.75) is 145 Å². The lowest BCUT2D eigenvalue weighted by Crippen LogP contribution is -2.28. The summed E-state index contributed by atoms with van der Waals surface area (Å²) < 4.78 is 0. The molecule has 0 fully saturated rings. The molecule has 2 unspecified atom stereocenters. The molecule has 44 heavy (non-hydrogen) atoms. The van der Waals surface area contributed by atoms with Crippen molar-refractivity contribution in [3.63, 3.8) is 0 Å². The maximum absolute atomic E-state index is 10.7. The van der Waals surface area contributed by atoms with E-state index in [2.05, 4.69) is 70.7 Å². The van der Waals surface area contributed by atoms with Gasteiger partial charge in [0.05, 0.1) is 5.60 Å². The summed E-state index contributed by atoms with van der Waals surface area (Å²) in [7, 11) is 0. The van der Waals surface area contributed by atoms with Gasteiger partial charge in [0.25, 0.3) is 0 Å². The lowest BCUT2D eigenvalue weighted by atomic mass is 9.86. The molecule has 2 aromatic carbocycles. The molecule has 0 bridgehead atoms. The van der Waals surface area contributed by atoms with Crippen LogP contribution < -0.4 is 0 Å². The fourth-order valence-electron chi connectivity index (χ4n) is 4.57. The Morgan fingerprint density at radius 3 is 1.66 bits per heavy atom. The first-order valence-corrected chi connectivity index (χ1v) is 17.4. The lowest BCUT2D eigenvalue weighted by Gasteiger charge is -2.27. The van der Waals surface area contributed by atoms with E-state index in [0.717, 1.165) is 57.3 Å². The molecule has 0 saturated heterocycles. The van der Waals surface area contributed by atoms with Crippen molar-refractivity contribution in [3.8, 4) is 0 Å². The minimum Gasteiger partial charge on any atom is -0.478 e. The SMILES string of the molecule is C/C=C\CCC(O)(CCC)CCCc1ccccc1.C=C(C(=O)O)C(C)CC.CC.CCCC(CC)CC.c1ccccc1. The quantitative estimate of drug-likeness (QED) is 0.147. The zero-order chi connectivity index (χ0) is 34.1. The van der Waals surface area contributed by atoms with Crippen LogP contribution in [0, 0.1) is 11.8 Å². The van der Waals surface area contributed by atoms with E-state index in [4.69, 9.17) is 5.11 Å². The van der Waals surface area contributed by atoms with Crippen LogP contribution >= 0.6 is 0 Å². The summed E-state index contributed by atoms with van der Waals surface area (Å²) >= 11 is 0. The van der Waals surface area contributed by atoms with Crippen LogP contribution in [0.2, 0.25) is 0 Å². The maximum Gasteiger partial charge on any atom is 0.331 e. The van der Waals surface area contributed by atoms with E-state index in [1.54, 1.807) is 0 Å². The number of aryl methyl sites for hydroxylation is 1. The van der Waals surface area contributed by atoms with E-state index < -0.39 is 11.6 Å². The van der Waals surface area contributed by atoms with Gasteiger partial charge >= 0.3 is 5.97 Å². The van der Waals surface area contributed by atoms with Gasteiger partial charge < -0.3 is 10.2 Å². The van der Waals surface area contributed by atoms with Gasteiger partial charge in [-0.05, 0) is 69.3 Å². The average molecular weight is 611 g/mol. The normalized spacial score (nSPS) is 12.1. The molecule has 2 atom stereocenters. The zero-order valence-electron chi connectivity index (χ0n) is 30.2. The Kier molecular flexibility index (Phi) is 34.6. The van der Waals surface area contributed by atoms with Crippen LogP contribution in [-0.2, 0) is 11.2 Å². The van der Waals surface area contributed by atoms with Crippen LogP contribution in [0.1, 0.15) is 139 Å². The summed E-state index contributed by atoms with van der Waals surface area (Å²) in [6, 6.07) is 22.5. The molecule has 2 aromatic rings. The molecule has 0 aliphatic carbocycles. The molecule has 3 nitrogen and oxygen atoms in total. The molecule has 0 amide bonds. The Bertz CT molecular complexity index is 860. The number of carboxylic acids is 1. The van der Waals surface area contributed by atoms with Crippen molar-refractivity contribution in [1.29, 1.82) is 0 Å². The molecule has 252 valence electrons. The minimum absolute atomic E-state index is 0.0995. The van der Waals surface area contributed by atoms with E-state index in [0.29, 0.717) is 5.57 Å². The average Bonchev–Trinajstić information content (AvgIpc) is 3.06. The van der Waals surface area contributed by atoms with Crippen molar-refractivity contribution in [3.05, 3.63) is 96.6 Å². The van der Waals surface area contributed by atoms with Crippen LogP contribution in [0.15, 0.2) is 91.0 Å².